The van der Waals surface area contributed by atoms with E-state index in [4.69, 9.17) is 0 Å². The molecular weight excluding hydrogens is 370 g/mol. The van der Waals surface area contributed by atoms with E-state index in [1.807, 2.05) is 6.92 Å². The smallest absolute Gasteiger partial charge is 0.270 e. The van der Waals surface area contributed by atoms with Crippen LogP contribution in [0.1, 0.15) is 38.2 Å². The quantitative estimate of drug-likeness (QED) is 0.587. The molecule has 1 aromatic rings. The Kier molecular flexibility index (Phi) is 5.53. The third kappa shape index (κ3) is 4.30. The summed E-state index contributed by atoms with van der Waals surface area (Å²) in [5, 5.41) is 14.0. The largest absolute Gasteiger partial charge is 0.353 e. The molecule has 1 unspecified atom stereocenters. The Labute approximate surface area is 159 Å². The lowest BCUT2D eigenvalue weighted by atomic mass is 9.96. The van der Waals surface area contributed by atoms with Crippen LogP contribution in [0.25, 0.3) is 0 Å². The molecule has 1 heterocycles. The van der Waals surface area contributed by atoms with Crippen molar-refractivity contribution >= 4 is 21.6 Å². The zero-order valence-electron chi connectivity index (χ0n) is 15.6. The number of benzene rings is 1. The van der Waals surface area contributed by atoms with Gasteiger partial charge in [0.15, 0.2) is 0 Å². The molecule has 9 heteroatoms. The summed E-state index contributed by atoms with van der Waals surface area (Å²) in [5.74, 6) is 0.382. The number of nitrogens with zero attached hydrogens (tertiary/aromatic N) is 2. The highest BCUT2D eigenvalue weighted by molar-refractivity contribution is 7.89. The second-order valence-electron chi connectivity index (χ2n) is 7.52. The van der Waals surface area contributed by atoms with E-state index in [2.05, 4.69) is 5.32 Å². The standard InChI is InChI=1S/C18H25N3O5S/c1-12-3-6-16(21(23)24)11-17(12)27(25,26)20-9-7-15(8-10-20)18(22)19-13(2)14-4-5-14/h3,6,11,13-15H,4-5,7-10H2,1-2H3,(H,19,22). The summed E-state index contributed by atoms with van der Waals surface area (Å²) in [6, 6.07) is 4.03. The first-order chi connectivity index (χ1) is 12.7. The summed E-state index contributed by atoms with van der Waals surface area (Å²) in [6.07, 6.45) is 3.22. The number of hydrogen-bond donors (Lipinski definition) is 1. The number of aryl methyl sites for hydroxylation is 1. The van der Waals surface area contributed by atoms with Gasteiger partial charge in [0.25, 0.3) is 5.69 Å². The maximum absolute atomic E-state index is 12.9. The van der Waals surface area contributed by atoms with Crippen molar-refractivity contribution in [3.05, 3.63) is 33.9 Å². The van der Waals surface area contributed by atoms with Gasteiger partial charge in [-0.15, -0.1) is 0 Å². The number of carbonyl (C=O) groups excluding carboxylic acids is 1. The monoisotopic (exact) mass is 395 g/mol. The molecule has 1 saturated carbocycles. The van der Waals surface area contributed by atoms with Crippen LogP contribution < -0.4 is 5.32 Å². The van der Waals surface area contributed by atoms with Gasteiger partial charge in [-0.05, 0) is 51.0 Å². The average molecular weight is 395 g/mol. The van der Waals surface area contributed by atoms with Crippen molar-refractivity contribution in [3.8, 4) is 0 Å². The molecule has 0 aromatic heterocycles. The molecule has 148 valence electrons. The van der Waals surface area contributed by atoms with Crippen molar-refractivity contribution in [2.75, 3.05) is 13.1 Å². The molecule has 0 spiro atoms. The second-order valence-corrected chi connectivity index (χ2v) is 9.43. The van der Waals surface area contributed by atoms with Gasteiger partial charge in [-0.3, -0.25) is 14.9 Å². The van der Waals surface area contributed by atoms with Crippen molar-refractivity contribution in [1.29, 1.82) is 0 Å². The van der Waals surface area contributed by atoms with Crippen molar-refractivity contribution in [2.45, 2.75) is 50.5 Å². The fourth-order valence-corrected chi connectivity index (χ4v) is 5.25. The number of nitrogens with one attached hydrogen (secondary N) is 1. The average Bonchev–Trinajstić information content (AvgIpc) is 3.47. The molecule has 2 fully saturated rings. The maximum atomic E-state index is 12.9. The predicted molar refractivity (Wildman–Crippen MR) is 99.6 cm³/mol. The van der Waals surface area contributed by atoms with Crippen LogP contribution in [0.4, 0.5) is 5.69 Å². The van der Waals surface area contributed by atoms with Crippen LogP contribution in [0.2, 0.25) is 0 Å². The van der Waals surface area contributed by atoms with E-state index in [-0.39, 0.29) is 41.5 Å². The Morgan fingerprint density at radius 2 is 1.89 bits per heavy atom. The van der Waals surface area contributed by atoms with E-state index in [9.17, 15) is 23.3 Å². The number of non-ortho nitro benzene ring substituents is 1. The normalized spacial score (nSPS) is 20.2. The van der Waals surface area contributed by atoms with Crippen LogP contribution in [0.3, 0.4) is 0 Å². The van der Waals surface area contributed by atoms with Gasteiger partial charge in [0, 0.05) is 37.2 Å². The van der Waals surface area contributed by atoms with E-state index in [0.717, 1.165) is 18.9 Å². The SMILES string of the molecule is Cc1ccc([N+](=O)[O-])cc1S(=O)(=O)N1CCC(C(=O)NC(C)C2CC2)CC1. The van der Waals surface area contributed by atoms with Crippen LogP contribution in [-0.4, -0.2) is 42.7 Å². The number of nitro groups is 1. The van der Waals surface area contributed by atoms with Crippen molar-refractivity contribution in [1.82, 2.24) is 9.62 Å². The van der Waals surface area contributed by atoms with Gasteiger partial charge < -0.3 is 5.32 Å². The molecule has 1 atom stereocenters. The van der Waals surface area contributed by atoms with Crippen LogP contribution >= 0.6 is 0 Å². The van der Waals surface area contributed by atoms with E-state index in [1.165, 1.54) is 16.4 Å². The molecule has 0 radical (unpaired) electrons. The first-order valence-electron chi connectivity index (χ1n) is 9.25. The van der Waals surface area contributed by atoms with Gasteiger partial charge in [-0.2, -0.15) is 4.31 Å². The van der Waals surface area contributed by atoms with Crippen molar-refractivity contribution in [3.63, 3.8) is 0 Å². The minimum absolute atomic E-state index is 0.00187. The molecule has 1 aliphatic heterocycles. The number of carbonyl (C=O) groups is 1. The zero-order valence-corrected chi connectivity index (χ0v) is 16.4. The van der Waals surface area contributed by atoms with E-state index in [1.54, 1.807) is 6.92 Å². The van der Waals surface area contributed by atoms with Gasteiger partial charge in [-0.1, -0.05) is 6.07 Å². The summed E-state index contributed by atoms with van der Waals surface area (Å²) in [7, 11) is -3.83. The Hall–Kier alpha value is -2.00. The fourth-order valence-electron chi connectivity index (χ4n) is 3.53. The van der Waals surface area contributed by atoms with Gasteiger partial charge in [0.1, 0.15) is 0 Å². The van der Waals surface area contributed by atoms with Gasteiger partial charge in [-0.25, -0.2) is 8.42 Å². The molecule has 1 amide bonds. The molecule has 8 nitrogen and oxygen atoms in total. The summed E-state index contributed by atoms with van der Waals surface area (Å²) in [5.41, 5.74) is 0.223. The number of nitro benzene ring substituents is 1. The first kappa shape index (κ1) is 19.8. The van der Waals surface area contributed by atoms with Crippen LogP contribution in [0, 0.1) is 28.9 Å². The summed E-state index contributed by atoms with van der Waals surface area (Å²) in [4.78, 5) is 22.7. The molecule has 2 aliphatic rings. The highest BCUT2D eigenvalue weighted by Gasteiger charge is 2.35. The lowest BCUT2D eigenvalue weighted by Gasteiger charge is -2.31. The molecule has 1 N–H and O–H groups in total. The highest BCUT2D eigenvalue weighted by atomic mass is 32.2. The molecule has 1 saturated heterocycles. The molecule has 0 bridgehead atoms. The van der Waals surface area contributed by atoms with Crippen LogP contribution in [0.5, 0.6) is 0 Å². The van der Waals surface area contributed by atoms with E-state index >= 15 is 0 Å². The number of sulfonamides is 1. The third-order valence-electron chi connectivity index (χ3n) is 5.52. The lowest BCUT2D eigenvalue weighted by molar-refractivity contribution is -0.385. The Morgan fingerprint density at radius 3 is 2.44 bits per heavy atom. The number of piperidine rings is 1. The summed E-state index contributed by atoms with van der Waals surface area (Å²) < 4.78 is 27.2. The summed E-state index contributed by atoms with van der Waals surface area (Å²) >= 11 is 0. The molecule has 27 heavy (non-hydrogen) atoms. The molecule has 1 aromatic carbocycles. The Balaban J connectivity index is 1.67. The van der Waals surface area contributed by atoms with E-state index < -0.39 is 14.9 Å². The number of hydrogen-bond acceptors (Lipinski definition) is 5. The van der Waals surface area contributed by atoms with Crippen LogP contribution in [-0.2, 0) is 14.8 Å². The topological polar surface area (TPSA) is 110 Å². The first-order valence-corrected chi connectivity index (χ1v) is 10.7. The van der Waals surface area contributed by atoms with E-state index in [0.29, 0.717) is 24.3 Å². The number of rotatable bonds is 6. The minimum Gasteiger partial charge on any atom is -0.353 e. The van der Waals surface area contributed by atoms with Gasteiger partial charge in [0.05, 0.1) is 9.82 Å². The predicted octanol–water partition coefficient (Wildman–Crippen LogP) is 2.22. The van der Waals surface area contributed by atoms with Gasteiger partial charge >= 0.3 is 0 Å². The second kappa shape index (κ2) is 7.55. The van der Waals surface area contributed by atoms with Crippen LogP contribution in [0.15, 0.2) is 23.1 Å². The maximum Gasteiger partial charge on any atom is 0.270 e. The van der Waals surface area contributed by atoms with Gasteiger partial charge in [0.2, 0.25) is 15.9 Å². The third-order valence-corrected chi connectivity index (χ3v) is 7.56. The molecule has 1 aliphatic carbocycles. The summed E-state index contributed by atoms with van der Waals surface area (Å²) in [6.45, 7) is 4.11. The number of amides is 1. The molecule has 3 rings (SSSR count). The molecular formula is C18H25N3O5S. The Morgan fingerprint density at radius 1 is 1.26 bits per heavy atom. The highest BCUT2D eigenvalue weighted by Crippen LogP contribution is 2.33. The lowest BCUT2D eigenvalue weighted by Crippen LogP contribution is -2.45. The fraction of sp³-hybridized carbons (Fsp3) is 0.611. The minimum atomic E-state index is -3.83. The van der Waals surface area contributed by atoms with Crippen molar-refractivity contribution < 1.29 is 18.1 Å². The zero-order chi connectivity index (χ0) is 19.8. The van der Waals surface area contributed by atoms with Crippen molar-refractivity contribution in [2.24, 2.45) is 11.8 Å². The Bertz CT molecular complexity index is 843.